The van der Waals surface area contributed by atoms with Gasteiger partial charge in [-0.25, -0.2) is 0 Å². The van der Waals surface area contributed by atoms with Crippen LogP contribution in [0.15, 0.2) is 35.3 Å². The molecule has 134 valence electrons. The molecule has 1 unspecified atom stereocenters. The zero-order valence-electron chi connectivity index (χ0n) is 15.5. The van der Waals surface area contributed by atoms with Gasteiger partial charge in [-0.15, -0.1) is 0 Å². The molecule has 2 rings (SSSR count). The first-order valence-corrected chi connectivity index (χ1v) is 8.92. The van der Waals surface area contributed by atoms with Crippen LogP contribution in [0, 0.1) is 0 Å². The lowest BCUT2D eigenvalue weighted by molar-refractivity contribution is -0.00255. The fraction of sp³-hybridized carbons (Fsp3) is 0.632. The van der Waals surface area contributed by atoms with Gasteiger partial charge in [-0.3, -0.25) is 4.99 Å². The molecule has 1 aromatic rings. The van der Waals surface area contributed by atoms with Gasteiger partial charge in [0.2, 0.25) is 0 Å². The van der Waals surface area contributed by atoms with Gasteiger partial charge in [0.25, 0.3) is 0 Å². The molecule has 24 heavy (non-hydrogen) atoms. The molecular weight excluding hydrogens is 300 g/mol. The molecule has 0 radical (unpaired) electrons. The lowest BCUT2D eigenvalue weighted by Crippen LogP contribution is -2.51. The highest BCUT2D eigenvalue weighted by Crippen LogP contribution is 2.26. The number of nitrogens with zero attached hydrogens (tertiary/aromatic N) is 2. The minimum Gasteiger partial charge on any atom is -0.381 e. The molecule has 1 heterocycles. The molecule has 0 aromatic heterocycles. The van der Waals surface area contributed by atoms with Gasteiger partial charge in [-0.2, -0.15) is 0 Å². The number of aliphatic imine (C=N–C) groups is 1. The van der Waals surface area contributed by atoms with Crippen molar-refractivity contribution in [1.82, 2.24) is 15.5 Å². The average molecular weight is 332 g/mol. The summed E-state index contributed by atoms with van der Waals surface area (Å²) in [4.78, 5) is 7.20. The minimum absolute atomic E-state index is 0.0938. The Hall–Kier alpha value is -1.59. The normalized spacial score (nSPS) is 19.1. The molecule has 0 bridgehead atoms. The fourth-order valence-corrected chi connectivity index (χ4v) is 3.07. The molecular formula is C19H32N4O. The number of nitrogens with one attached hydrogen (secondary N) is 2. The van der Waals surface area contributed by atoms with Crippen LogP contribution in [0.25, 0.3) is 0 Å². The second-order valence-corrected chi connectivity index (χ2v) is 6.70. The van der Waals surface area contributed by atoms with Crippen molar-refractivity contribution in [2.75, 3.05) is 40.4 Å². The van der Waals surface area contributed by atoms with E-state index in [1.54, 1.807) is 0 Å². The minimum atomic E-state index is 0.0938. The Kier molecular flexibility index (Phi) is 7.06. The third kappa shape index (κ3) is 4.95. The van der Waals surface area contributed by atoms with Crippen molar-refractivity contribution in [2.24, 2.45) is 4.99 Å². The van der Waals surface area contributed by atoms with E-state index in [1.807, 2.05) is 6.07 Å². The van der Waals surface area contributed by atoms with Crippen molar-refractivity contribution < 1.29 is 4.74 Å². The van der Waals surface area contributed by atoms with Gasteiger partial charge in [0.1, 0.15) is 0 Å². The van der Waals surface area contributed by atoms with E-state index in [1.165, 1.54) is 5.56 Å². The Bertz CT molecular complexity index is 509. The topological polar surface area (TPSA) is 48.9 Å². The van der Waals surface area contributed by atoms with E-state index >= 15 is 0 Å². The van der Waals surface area contributed by atoms with E-state index in [0.717, 1.165) is 45.1 Å². The number of benzene rings is 1. The number of hydrogen-bond acceptors (Lipinski definition) is 3. The van der Waals surface area contributed by atoms with Gasteiger partial charge in [0.05, 0.1) is 12.6 Å². The highest BCUT2D eigenvalue weighted by molar-refractivity contribution is 5.80. The summed E-state index contributed by atoms with van der Waals surface area (Å²) in [5.41, 5.74) is 1.35. The Morgan fingerprint density at radius 1 is 1.25 bits per heavy atom. The van der Waals surface area contributed by atoms with E-state index in [0.29, 0.717) is 0 Å². The summed E-state index contributed by atoms with van der Waals surface area (Å²) in [5.74, 6) is 0.876. The number of guanidine groups is 1. The summed E-state index contributed by atoms with van der Waals surface area (Å²) in [6.45, 7) is 7.53. The molecule has 2 N–H and O–H groups in total. The van der Waals surface area contributed by atoms with Crippen LogP contribution in [0.2, 0.25) is 0 Å². The SMILES string of the molecule is CCNC(=NCC1(N(C)C)CCOCC1)NC(C)c1ccccc1. The van der Waals surface area contributed by atoms with Crippen molar-refractivity contribution in [2.45, 2.75) is 38.3 Å². The largest absolute Gasteiger partial charge is 0.381 e. The van der Waals surface area contributed by atoms with Crippen molar-refractivity contribution in [3.05, 3.63) is 35.9 Å². The maximum absolute atomic E-state index is 5.55. The van der Waals surface area contributed by atoms with Crippen molar-refractivity contribution in [3.8, 4) is 0 Å². The second kappa shape index (κ2) is 9.04. The summed E-state index contributed by atoms with van der Waals surface area (Å²) in [7, 11) is 4.29. The molecule has 1 aromatic carbocycles. The maximum atomic E-state index is 5.55. The number of likely N-dealkylation sites (N-methyl/N-ethyl adjacent to an activating group) is 1. The van der Waals surface area contributed by atoms with E-state index in [9.17, 15) is 0 Å². The van der Waals surface area contributed by atoms with Crippen LogP contribution < -0.4 is 10.6 Å². The molecule has 1 aliphatic heterocycles. The van der Waals surface area contributed by atoms with Crippen LogP contribution in [-0.2, 0) is 4.74 Å². The highest BCUT2D eigenvalue weighted by atomic mass is 16.5. The van der Waals surface area contributed by atoms with Crippen LogP contribution in [0.4, 0.5) is 0 Å². The van der Waals surface area contributed by atoms with Gasteiger partial charge >= 0.3 is 0 Å². The molecule has 1 fully saturated rings. The Morgan fingerprint density at radius 3 is 2.50 bits per heavy atom. The summed E-state index contributed by atoms with van der Waals surface area (Å²) in [6.07, 6.45) is 2.05. The Morgan fingerprint density at radius 2 is 1.92 bits per heavy atom. The fourth-order valence-electron chi connectivity index (χ4n) is 3.07. The standard InChI is InChI=1S/C19H32N4O/c1-5-20-18(22-16(2)17-9-7-6-8-10-17)21-15-19(23(3)4)11-13-24-14-12-19/h6-10,16H,5,11-15H2,1-4H3,(H2,20,21,22). The molecule has 0 saturated carbocycles. The lowest BCUT2D eigenvalue weighted by atomic mass is 9.89. The predicted octanol–water partition coefficient (Wildman–Crippen LogP) is 2.41. The van der Waals surface area contributed by atoms with E-state index < -0.39 is 0 Å². The molecule has 0 aliphatic carbocycles. The summed E-state index contributed by atoms with van der Waals surface area (Å²) in [5, 5.41) is 6.89. The first-order chi connectivity index (χ1) is 11.6. The first kappa shape index (κ1) is 18.7. The quantitative estimate of drug-likeness (QED) is 0.620. The Labute approximate surface area is 146 Å². The summed E-state index contributed by atoms with van der Waals surface area (Å²) >= 11 is 0. The van der Waals surface area contributed by atoms with Crippen LogP contribution >= 0.6 is 0 Å². The van der Waals surface area contributed by atoms with Crippen LogP contribution in [0.3, 0.4) is 0 Å². The van der Waals surface area contributed by atoms with Gasteiger partial charge in [0, 0.05) is 25.3 Å². The van der Waals surface area contributed by atoms with Gasteiger partial charge < -0.3 is 20.3 Å². The molecule has 0 amide bonds. The average Bonchev–Trinajstić information content (AvgIpc) is 2.61. The van der Waals surface area contributed by atoms with Crippen LogP contribution in [0.5, 0.6) is 0 Å². The molecule has 1 aliphatic rings. The van der Waals surface area contributed by atoms with E-state index in [-0.39, 0.29) is 11.6 Å². The van der Waals surface area contributed by atoms with Gasteiger partial charge in [0.15, 0.2) is 5.96 Å². The first-order valence-electron chi connectivity index (χ1n) is 8.92. The van der Waals surface area contributed by atoms with E-state index in [2.05, 4.69) is 67.7 Å². The summed E-state index contributed by atoms with van der Waals surface area (Å²) in [6, 6.07) is 10.7. The molecule has 5 heteroatoms. The molecule has 5 nitrogen and oxygen atoms in total. The highest BCUT2D eigenvalue weighted by Gasteiger charge is 2.34. The predicted molar refractivity (Wildman–Crippen MR) is 100 cm³/mol. The number of hydrogen-bond donors (Lipinski definition) is 2. The zero-order chi connectivity index (χ0) is 17.4. The zero-order valence-corrected chi connectivity index (χ0v) is 15.5. The third-order valence-corrected chi connectivity index (χ3v) is 4.90. The number of ether oxygens (including phenoxy) is 1. The molecule has 1 atom stereocenters. The lowest BCUT2D eigenvalue weighted by Gasteiger charge is -2.41. The second-order valence-electron chi connectivity index (χ2n) is 6.70. The smallest absolute Gasteiger partial charge is 0.191 e. The van der Waals surface area contributed by atoms with Crippen LogP contribution in [-0.4, -0.2) is 56.8 Å². The van der Waals surface area contributed by atoms with Crippen molar-refractivity contribution >= 4 is 5.96 Å². The monoisotopic (exact) mass is 332 g/mol. The molecule has 0 spiro atoms. The summed E-state index contributed by atoms with van der Waals surface area (Å²) < 4.78 is 5.55. The van der Waals surface area contributed by atoms with Gasteiger partial charge in [-0.1, -0.05) is 30.3 Å². The number of rotatable bonds is 6. The van der Waals surface area contributed by atoms with Gasteiger partial charge in [-0.05, 0) is 46.3 Å². The van der Waals surface area contributed by atoms with Crippen molar-refractivity contribution in [3.63, 3.8) is 0 Å². The van der Waals surface area contributed by atoms with Crippen molar-refractivity contribution in [1.29, 1.82) is 0 Å². The van der Waals surface area contributed by atoms with E-state index in [4.69, 9.17) is 9.73 Å². The Balaban J connectivity index is 2.06. The molecule has 1 saturated heterocycles. The third-order valence-electron chi connectivity index (χ3n) is 4.90. The van der Waals surface area contributed by atoms with Crippen LogP contribution in [0.1, 0.15) is 38.3 Å². The maximum Gasteiger partial charge on any atom is 0.191 e.